The van der Waals surface area contributed by atoms with Gasteiger partial charge in [0.1, 0.15) is 0 Å². The molecule has 6 N–H and O–H groups in total. The highest BCUT2D eigenvalue weighted by atomic mass is 16.2. The van der Waals surface area contributed by atoms with E-state index in [1.165, 1.54) is 89.9 Å². The highest BCUT2D eigenvalue weighted by molar-refractivity contribution is 5.68. The number of primary amides is 2. The number of hydrogen-bond donors (Lipinski definition) is 3. The number of rotatable bonds is 15. The lowest BCUT2D eigenvalue weighted by Gasteiger charge is -2.20. The van der Waals surface area contributed by atoms with Gasteiger partial charge in [0.2, 0.25) is 0 Å². The molecule has 2 amide bonds. The first-order valence-corrected chi connectivity index (χ1v) is 13.0. The van der Waals surface area contributed by atoms with E-state index in [9.17, 15) is 9.59 Å². The van der Waals surface area contributed by atoms with Gasteiger partial charge in [-0.05, 0) is 13.0 Å². The maximum atomic E-state index is 11.8. The Morgan fingerprint density at radius 2 is 1.03 bits per heavy atom. The highest BCUT2D eigenvalue weighted by Crippen LogP contribution is 2.13. The van der Waals surface area contributed by atoms with E-state index >= 15 is 0 Å². The molecule has 0 aliphatic carbocycles. The zero-order valence-electron chi connectivity index (χ0n) is 19.8. The van der Waals surface area contributed by atoms with Crippen molar-refractivity contribution < 1.29 is 25.5 Å². The minimum Gasteiger partial charge on any atom is -0.324 e. The fourth-order valence-corrected chi connectivity index (χ4v) is 4.20. The van der Waals surface area contributed by atoms with E-state index < -0.39 is 0 Å². The van der Waals surface area contributed by atoms with Crippen LogP contribution in [0.2, 0.25) is 0 Å². The van der Waals surface area contributed by atoms with Crippen molar-refractivity contribution >= 4 is 11.8 Å². The molecule has 0 aromatic rings. The Labute approximate surface area is 185 Å². The molecule has 0 unspecified atom stereocenters. The van der Waals surface area contributed by atoms with E-state index in [2.05, 4.69) is 11.8 Å². The van der Waals surface area contributed by atoms with E-state index in [4.69, 9.17) is 0 Å². The summed E-state index contributed by atoms with van der Waals surface area (Å²) >= 11 is 0. The van der Waals surface area contributed by atoms with Gasteiger partial charge < -0.3 is 5.32 Å². The number of unbranched alkanes of at least 4 members (excludes halogenated alkanes) is 13. The highest BCUT2D eigenvalue weighted by Gasteiger charge is 2.16. The van der Waals surface area contributed by atoms with E-state index in [0.717, 1.165) is 32.7 Å². The molecule has 1 fully saturated rings. The third-order valence-corrected chi connectivity index (χ3v) is 6.15. The van der Waals surface area contributed by atoms with E-state index in [-0.39, 0.29) is 11.8 Å². The van der Waals surface area contributed by atoms with Gasteiger partial charge in [0.05, 0.1) is 13.1 Å². The summed E-state index contributed by atoms with van der Waals surface area (Å²) in [6, 6.07) is 0. The molecule has 0 bridgehead atoms. The van der Waals surface area contributed by atoms with Crippen LogP contribution < -0.4 is 16.0 Å². The summed E-state index contributed by atoms with van der Waals surface area (Å²) in [4.78, 5) is 26.0. The van der Waals surface area contributed by atoms with Crippen molar-refractivity contribution in [3.63, 3.8) is 0 Å². The molecule has 1 heterocycles. The zero-order chi connectivity index (χ0) is 21.7. The summed E-state index contributed by atoms with van der Waals surface area (Å²) in [7, 11) is 0. The first-order chi connectivity index (χ1) is 14.7. The zero-order valence-corrected chi connectivity index (χ0v) is 19.8. The van der Waals surface area contributed by atoms with Gasteiger partial charge in [0.25, 0.3) is 0 Å². The Bertz CT molecular complexity index is 409. The average molecular weight is 428 g/mol. The van der Waals surface area contributed by atoms with Crippen molar-refractivity contribution in [1.82, 2.24) is 4.90 Å². The van der Waals surface area contributed by atoms with Crippen molar-refractivity contribution in [3.8, 4) is 0 Å². The van der Waals surface area contributed by atoms with Gasteiger partial charge in [-0.2, -0.15) is 0 Å². The van der Waals surface area contributed by atoms with Crippen LogP contribution in [0, 0.1) is 0 Å². The van der Waals surface area contributed by atoms with E-state index in [1.54, 1.807) is 0 Å². The van der Waals surface area contributed by atoms with Crippen LogP contribution >= 0.6 is 0 Å². The Balaban J connectivity index is 1.98. The molecule has 6 nitrogen and oxygen atoms in total. The minimum absolute atomic E-state index is 0.153. The standard InChI is InChI=1S/C24H48N4O2/c1-2-3-4-5-6-7-8-9-10-11-12-13-14-15-18-28-19-16-26-23(29)21-25-22-24(30)27-17-20-28/h25H,2-22H2,1H3,(H,26,29)(H,27,30)/p+3. The first kappa shape index (κ1) is 27.2. The van der Waals surface area contributed by atoms with Gasteiger partial charge in [0.15, 0.2) is 13.1 Å². The molecule has 0 aromatic heterocycles. The fourth-order valence-electron chi connectivity index (χ4n) is 4.20. The second-order valence-electron chi connectivity index (χ2n) is 9.05. The van der Waals surface area contributed by atoms with Crippen molar-refractivity contribution in [2.75, 3.05) is 45.8 Å². The molecule has 6 heteroatoms. The van der Waals surface area contributed by atoms with Crippen LogP contribution in [0.25, 0.3) is 0 Å². The molecule has 0 atom stereocenters. The Kier molecular flexibility index (Phi) is 18.2. The summed E-state index contributed by atoms with van der Waals surface area (Å²) in [6.07, 6.45) is 19.4. The molecule has 0 radical (unpaired) electrons. The lowest BCUT2D eigenvalue weighted by Crippen LogP contribution is -3.03. The van der Waals surface area contributed by atoms with Crippen LogP contribution in [0.15, 0.2) is 0 Å². The van der Waals surface area contributed by atoms with Gasteiger partial charge >= 0.3 is 11.8 Å². The maximum Gasteiger partial charge on any atom is 0.365 e. The van der Waals surface area contributed by atoms with Gasteiger partial charge in [-0.1, -0.05) is 90.4 Å². The number of quaternary nitrogens is 3. The predicted octanol–water partition coefficient (Wildman–Crippen LogP) is 0.527. The fraction of sp³-hybridized carbons (Fsp3) is 0.917. The number of nitrogens with two attached hydrogens (primary N) is 3. The van der Waals surface area contributed by atoms with E-state index in [0.29, 0.717) is 13.1 Å². The topological polar surface area (TPSA) is 87.2 Å². The Hall–Kier alpha value is -0.820. The Morgan fingerprint density at radius 3 is 1.47 bits per heavy atom. The molecule has 30 heavy (non-hydrogen) atoms. The smallest absolute Gasteiger partial charge is 0.324 e. The molecule has 1 aliphatic rings. The predicted molar refractivity (Wildman–Crippen MR) is 122 cm³/mol. The second kappa shape index (κ2) is 20.1. The van der Waals surface area contributed by atoms with E-state index in [1.807, 2.05) is 16.0 Å². The summed E-state index contributed by atoms with van der Waals surface area (Å²) < 4.78 is 0. The molecule has 0 saturated carbocycles. The normalized spacial score (nSPS) is 17.6. The van der Waals surface area contributed by atoms with Gasteiger partial charge in [-0.3, -0.25) is 15.5 Å². The van der Waals surface area contributed by atoms with Crippen LogP contribution in [-0.2, 0) is 9.59 Å². The minimum atomic E-state index is 0.153. The number of hydrogen-bond acceptors (Lipinski definition) is 3. The monoisotopic (exact) mass is 427 g/mol. The number of amides is 2. The lowest BCUT2D eigenvalue weighted by molar-refractivity contribution is -0.678. The molecule has 176 valence electrons. The van der Waals surface area contributed by atoms with Crippen molar-refractivity contribution in [2.45, 2.75) is 96.8 Å². The first-order valence-electron chi connectivity index (χ1n) is 13.0. The molecule has 1 saturated heterocycles. The summed E-state index contributed by atoms with van der Waals surface area (Å²) in [5, 5.41) is 5.43. The van der Waals surface area contributed by atoms with Gasteiger partial charge in [-0.15, -0.1) is 0 Å². The Morgan fingerprint density at radius 1 is 0.633 bits per heavy atom. The van der Waals surface area contributed by atoms with Crippen molar-refractivity contribution in [3.05, 3.63) is 0 Å². The molecule has 0 spiro atoms. The van der Waals surface area contributed by atoms with Crippen LogP contribution in [-0.4, -0.2) is 62.5 Å². The maximum absolute atomic E-state index is 11.8. The van der Waals surface area contributed by atoms with Crippen molar-refractivity contribution in [2.24, 2.45) is 0 Å². The lowest BCUT2D eigenvalue weighted by atomic mass is 10.0. The average Bonchev–Trinajstić information content (AvgIpc) is 2.72. The third kappa shape index (κ3) is 16.9. The van der Waals surface area contributed by atoms with Crippen LogP contribution in [0.4, 0.5) is 0 Å². The quantitative estimate of drug-likeness (QED) is 0.333. The van der Waals surface area contributed by atoms with Crippen LogP contribution in [0.3, 0.4) is 0 Å². The van der Waals surface area contributed by atoms with Crippen LogP contribution in [0.1, 0.15) is 96.8 Å². The summed E-state index contributed by atoms with van der Waals surface area (Å²) in [5.74, 6) is 0.305. The number of carbonyl (C=O) groups is 2. The number of nitrogens with zero attached hydrogens (tertiary/aromatic N) is 1. The molecular weight excluding hydrogens is 376 g/mol. The number of carbonyl (C=O) groups excluding carboxylic acids is 2. The second-order valence-corrected chi connectivity index (χ2v) is 9.05. The molecule has 0 aromatic carbocycles. The van der Waals surface area contributed by atoms with Crippen molar-refractivity contribution in [1.29, 1.82) is 0 Å². The molecule has 1 aliphatic heterocycles. The summed E-state index contributed by atoms with van der Waals surface area (Å²) in [5.41, 5.74) is 0. The molecule has 1 rings (SSSR count). The summed E-state index contributed by atoms with van der Waals surface area (Å²) in [6.45, 7) is 7.71. The SMILES string of the molecule is CCCCCCCCCCCCCCCCN1CC[NH2+]C(=O)C[NH2+]CC(=O)[NH2+]CC1. The van der Waals surface area contributed by atoms with Gasteiger partial charge in [-0.25, -0.2) is 9.59 Å². The third-order valence-electron chi connectivity index (χ3n) is 6.15. The largest absolute Gasteiger partial charge is 0.365 e. The molecular formula is C24H51N4O2+3. The van der Waals surface area contributed by atoms with Crippen LogP contribution in [0.5, 0.6) is 0 Å². The van der Waals surface area contributed by atoms with Gasteiger partial charge in [0, 0.05) is 13.1 Å².